The minimum absolute atomic E-state index is 0.333. The van der Waals surface area contributed by atoms with E-state index >= 15 is 0 Å². The van der Waals surface area contributed by atoms with E-state index in [4.69, 9.17) is 9.47 Å². The Balaban J connectivity index is 1.67. The van der Waals surface area contributed by atoms with Crippen LogP contribution in [-0.2, 0) is 14.8 Å². The van der Waals surface area contributed by atoms with Crippen LogP contribution in [0.4, 0.5) is 5.69 Å². The molecule has 2 N–H and O–H groups in total. The standard InChI is InChI=1S/C13H18N2O4S/c16-20(17)13(14-8-10-4-3-7-18-9-10)19-12-6-2-1-5-11(12)15-20/h1-2,5-6,10,13-15H,3-4,7-9H2. The van der Waals surface area contributed by atoms with Gasteiger partial charge in [0.25, 0.3) is 15.6 Å². The fraction of sp³-hybridized carbons (Fsp3) is 0.538. The van der Waals surface area contributed by atoms with E-state index < -0.39 is 15.6 Å². The molecule has 0 radical (unpaired) electrons. The summed E-state index contributed by atoms with van der Waals surface area (Å²) < 4.78 is 37.6. The molecule has 1 saturated heterocycles. The maximum Gasteiger partial charge on any atom is 0.285 e. The van der Waals surface area contributed by atoms with Gasteiger partial charge < -0.3 is 9.47 Å². The van der Waals surface area contributed by atoms with Crippen molar-refractivity contribution in [3.8, 4) is 5.75 Å². The quantitative estimate of drug-likeness (QED) is 0.874. The summed E-state index contributed by atoms with van der Waals surface area (Å²) in [4.78, 5) is 0. The van der Waals surface area contributed by atoms with Gasteiger partial charge in [-0.15, -0.1) is 0 Å². The summed E-state index contributed by atoms with van der Waals surface area (Å²) in [7, 11) is -3.56. The Morgan fingerprint density at radius 1 is 1.35 bits per heavy atom. The second-order valence-electron chi connectivity index (χ2n) is 5.08. The van der Waals surface area contributed by atoms with Crippen molar-refractivity contribution < 1.29 is 17.9 Å². The minimum atomic E-state index is -3.56. The Hall–Kier alpha value is -1.31. The Labute approximate surface area is 118 Å². The molecular formula is C13H18N2O4S. The van der Waals surface area contributed by atoms with Crippen LogP contribution in [0.15, 0.2) is 24.3 Å². The number of nitrogens with one attached hydrogen (secondary N) is 2. The van der Waals surface area contributed by atoms with Gasteiger partial charge in [0.1, 0.15) is 5.75 Å². The van der Waals surface area contributed by atoms with Crippen molar-refractivity contribution in [3.05, 3.63) is 24.3 Å². The number of sulfonamides is 1. The van der Waals surface area contributed by atoms with Crippen LogP contribution in [0.1, 0.15) is 12.8 Å². The van der Waals surface area contributed by atoms with Crippen LogP contribution in [0, 0.1) is 5.92 Å². The number of hydrogen-bond donors (Lipinski definition) is 2. The molecule has 2 heterocycles. The predicted molar refractivity (Wildman–Crippen MR) is 74.9 cm³/mol. The molecule has 7 heteroatoms. The van der Waals surface area contributed by atoms with Crippen molar-refractivity contribution in [2.24, 2.45) is 5.92 Å². The van der Waals surface area contributed by atoms with Crippen LogP contribution in [-0.4, -0.2) is 33.7 Å². The second-order valence-corrected chi connectivity index (χ2v) is 6.81. The van der Waals surface area contributed by atoms with E-state index in [9.17, 15) is 8.42 Å². The highest BCUT2D eigenvalue weighted by Gasteiger charge is 2.33. The zero-order chi connectivity index (χ0) is 14.0. The largest absolute Gasteiger partial charge is 0.457 e. The van der Waals surface area contributed by atoms with Crippen LogP contribution in [0.2, 0.25) is 0 Å². The molecule has 2 aliphatic heterocycles. The number of ether oxygens (including phenoxy) is 2. The van der Waals surface area contributed by atoms with Crippen LogP contribution < -0.4 is 14.8 Å². The van der Waals surface area contributed by atoms with Gasteiger partial charge >= 0.3 is 0 Å². The van der Waals surface area contributed by atoms with Crippen molar-refractivity contribution in [2.45, 2.75) is 18.4 Å². The molecule has 20 heavy (non-hydrogen) atoms. The van der Waals surface area contributed by atoms with E-state index in [0.29, 0.717) is 30.5 Å². The number of benzene rings is 1. The predicted octanol–water partition coefficient (Wildman–Crippen LogP) is 1.12. The van der Waals surface area contributed by atoms with Gasteiger partial charge in [-0.2, -0.15) is 0 Å². The Bertz CT molecular complexity index is 569. The van der Waals surface area contributed by atoms with E-state index in [1.807, 2.05) is 6.07 Å². The third-order valence-electron chi connectivity index (χ3n) is 3.48. The lowest BCUT2D eigenvalue weighted by Gasteiger charge is -2.29. The van der Waals surface area contributed by atoms with Crippen molar-refractivity contribution in [2.75, 3.05) is 24.5 Å². The molecule has 6 nitrogen and oxygen atoms in total. The zero-order valence-corrected chi connectivity index (χ0v) is 11.9. The molecule has 0 spiro atoms. The van der Waals surface area contributed by atoms with Crippen molar-refractivity contribution in [1.29, 1.82) is 0 Å². The summed E-state index contributed by atoms with van der Waals surface area (Å²) in [6.07, 6.45) is 2.06. The summed E-state index contributed by atoms with van der Waals surface area (Å²) in [6.45, 7) is 2.03. The lowest BCUT2D eigenvalue weighted by atomic mass is 10.0. The molecule has 2 unspecified atom stereocenters. The van der Waals surface area contributed by atoms with Crippen LogP contribution in [0.25, 0.3) is 0 Å². The molecule has 0 amide bonds. The van der Waals surface area contributed by atoms with E-state index in [1.165, 1.54) is 0 Å². The molecule has 1 fully saturated rings. The number of hydrogen-bond acceptors (Lipinski definition) is 5. The van der Waals surface area contributed by atoms with Gasteiger partial charge in [-0.25, -0.2) is 8.42 Å². The number of fused-ring (bicyclic) bond motifs is 1. The third-order valence-corrected chi connectivity index (χ3v) is 4.81. The third kappa shape index (κ3) is 2.89. The van der Waals surface area contributed by atoms with Gasteiger partial charge in [-0.05, 0) is 30.9 Å². The summed E-state index contributed by atoms with van der Waals surface area (Å²) in [5.74, 6) is 0.874. The van der Waals surface area contributed by atoms with Gasteiger partial charge in [-0.1, -0.05) is 12.1 Å². The Morgan fingerprint density at radius 2 is 2.20 bits per heavy atom. The molecule has 2 atom stereocenters. The summed E-state index contributed by atoms with van der Waals surface area (Å²) in [6, 6.07) is 7.00. The highest BCUT2D eigenvalue weighted by atomic mass is 32.2. The first-order chi connectivity index (χ1) is 9.65. The lowest BCUT2D eigenvalue weighted by Crippen LogP contribution is -2.49. The van der Waals surface area contributed by atoms with Crippen LogP contribution >= 0.6 is 0 Å². The minimum Gasteiger partial charge on any atom is -0.457 e. The number of para-hydroxylation sites is 2. The second kappa shape index (κ2) is 5.59. The number of rotatable bonds is 3. The molecule has 1 aromatic rings. The van der Waals surface area contributed by atoms with E-state index in [-0.39, 0.29) is 0 Å². The smallest absolute Gasteiger partial charge is 0.285 e. The van der Waals surface area contributed by atoms with Crippen LogP contribution in [0.5, 0.6) is 5.75 Å². The van der Waals surface area contributed by atoms with E-state index in [2.05, 4.69) is 10.0 Å². The highest BCUT2D eigenvalue weighted by Crippen LogP contribution is 2.31. The Kier molecular flexibility index (Phi) is 3.82. The topological polar surface area (TPSA) is 76.7 Å². The first kappa shape index (κ1) is 13.7. The van der Waals surface area contributed by atoms with Gasteiger partial charge in [0.05, 0.1) is 12.3 Å². The molecule has 0 saturated carbocycles. The van der Waals surface area contributed by atoms with Crippen molar-refractivity contribution in [3.63, 3.8) is 0 Å². The van der Waals surface area contributed by atoms with E-state index in [1.54, 1.807) is 18.2 Å². The number of anilines is 1. The van der Waals surface area contributed by atoms with Crippen molar-refractivity contribution in [1.82, 2.24) is 5.32 Å². The van der Waals surface area contributed by atoms with Crippen molar-refractivity contribution >= 4 is 15.7 Å². The molecule has 110 valence electrons. The van der Waals surface area contributed by atoms with E-state index in [0.717, 1.165) is 19.4 Å². The molecule has 0 bridgehead atoms. The molecule has 0 aromatic heterocycles. The average Bonchev–Trinajstić information content (AvgIpc) is 2.45. The van der Waals surface area contributed by atoms with Gasteiger partial charge in [0, 0.05) is 13.2 Å². The van der Waals surface area contributed by atoms with Crippen LogP contribution in [0.3, 0.4) is 0 Å². The Morgan fingerprint density at radius 3 is 3.00 bits per heavy atom. The molecule has 3 rings (SSSR count). The lowest BCUT2D eigenvalue weighted by molar-refractivity contribution is 0.0514. The zero-order valence-electron chi connectivity index (χ0n) is 11.0. The van der Waals surface area contributed by atoms with Gasteiger partial charge in [0.15, 0.2) is 0 Å². The molecule has 2 aliphatic rings. The summed E-state index contributed by atoms with van der Waals surface area (Å²) in [5.41, 5.74) is -0.578. The normalized spacial score (nSPS) is 28.0. The fourth-order valence-corrected chi connectivity index (χ4v) is 3.55. The highest BCUT2D eigenvalue weighted by molar-refractivity contribution is 7.93. The monoisotopic (exact) mass is 298 g/mol. The molecular weight excluding hydrogens is 280 g/mol. The maximum absolute atomic E-state index is 12.1. The van der Waals surface area contributed by atoms with Gasteiger partial charge in [0.2, 0.25) is 0 Å². The maximum atomic E-state index is 12.1. The first-order valence-corrected chi connectivity index (χ1v) is 8.28. The first-order valence-electron chi connectivity index (χ1n) is 6.73. The SMILES string of the molecule is O=S1(=O)Nc2ccccc2OC1NCC1CCCOC1. The summed E-state index contributed by atoms with van der Waals surface area (Å²) >= 11 is 0. The fourth-order valence-electron chi connectivity index (χ4n) is 2.42. The molecule has 1 aromatic carbocycles. The van der Waals surface area contributed by atoms with Gasteiger partial charge in [-0.3, -0.25) is 10.0 Å². The molecule has 0 aliphatic carbocycles. The summed E-state index contributed by atoms with van der Waals surface area (Å²) in [5, 5.41) is 2.97. The average molecular weight is 298 g/mol.